The first-order valence-electron chi connectivity index (χ1n) is 6.46. The van der Waals surface area contributed by atoms with Gasteiger partial charge in [-0.3, -0.25) is 0 Å². The van der Waals surface area contributed by atoms with Crippen LogP contribution in [-0.4, -0.2) is 22.6 Å². The van der Waals surface area contributed by atoms with E-state index in [0.717, 1.165) is 5.75 Å². The van der Waals surface area contributed by atoms with E-state index in [1.807, 2.05) is 9.85 Å². The molecule has 1 rings (SSSR count). The Morgan fingerprint density at radius 3 is 1.56 bits per heavy atom. The van der Waals surface area contributed by atoms with Crippen LogP contribution in [0.2, 0.25) is 0 Å². The van der Waals surface area contributed by atoms with Gasteiger partial charge in [-0.2, -0.15) is 0 Å². The lowest BCUT2D eigenvalue weighted by molar-refractivity contribution is 0.381. The summed E-state index contributed by atoms with van der Waals surface area (Å²) >= 11 is 0. The largest absolute Gasteiger partial charge is 0.496 e. The molecule has 0 N–H and O–H groups in total. The first-order chi connectivity index (χ1) is 8.11. The Morgan fingerprint density at radius 1 is 0.944 bits per heavy atom. The van der Waals surface area contributed by atoms with Crippen LogP contribution in [-0.2, 0) is 10.8 Å². The number of hydrogen-bond donors (Lipinski definition) is 0. The highest BCUT2D eigenvalue weighted by molar-refractivity contribution is 6.32. The van der Waals surface area contributed by atoms with Gasteiger partial charge in [0.2, 0.25) is 0 Å². The highest BCUT2D eigenvalue weighted by atomic mass is 28.1. The molecule has 0 radical (unpaired) electrons. The Morgan fingerprint density at radius 2 is 1.33 bits per heavy atom. The predicted octanol–water partition coefficient (Wildman–Crippen LogP) is 3.07. The lowest BCUT2D eigenvalue weighted by atomic mass is 9.78. The summed E-state index contributed by atoms with van der Waals surface area (Å²) in [6.45, 7) is 13.4. The van der Waals surface area contributed by atoms with Crippen LogP contribution in [0.1, 0.15) is 58.2 Å². The molecule has 0 aliphatic rings. The SMILES string of the molecule is COc1c(C(C)(C)C)cc(C=[SiH2])cc1C(C)(C)C. The summed E-state index contributed by atoms with van der Waals surface area (Å²) in [7, 11) is 3.66. The molecular weight excluding hydrogens is 236 g/mol. The number of rotatable bonds is 2. The molecular formula is C16H26OSi. The van der Waals surface area contributed by atoms with Gasteiger partial charge in [0.15, 0.2) is 0 Å². The smallest absolute Gasteiger partial charge is 0.126 e. The Hall–Kier alpha value is -0.893. The number of methoxy groups -OCH3 is 1. The molecule has 0 saturated carbocycles. The Kier molecular flexibility index (Phi) is 4.21. The van der Waals surface area contributed by atoms with Gasteiger partial charge in [0.1, 0.15) is 5.75 Å². The summed E-state index contributed by atoms with van der Waals surface area (Å²) in [5.74, 6) is 1.05. The molecule has 0 bridgehead atoms. The topological polar surface area (TPSA) is 9.23 Å². The van der Waals surface area contributed by atoms with E-state index in [-0.39, 0.29) is 10.8 Å². The van der Waals surface area contributed by atoms with Crippen molar-refractivity contribution in [1.29, 1.82) is 0 Å². The summed E-state index contributed by atoms with van der Waals surface area (Å²) in [4.78, 5) is 0. The molecule has 0 unspecified atom stereocenters. The van der Waals surface area contributed by atoms with Gasteiger partial charge in [0.05, 0.1) is 7.11 Å². The molecule has 0 amide bonds. The maximum absolute atomic E-state index is 5.72. The maximum Gasteiger partial charge on any atom is 0.126 e. The van der Waals surface area contributed by atoms with Crippen molar-refractivity contribution in [1.82, 2.24) is 0 Å². The van der Waals surface area contributed by atoms with Gasteiger partial charge < -0.3 is 4.74 Å². The molecule has 18 heavy (non-hydrogen) atoms. The molecule has 0 aromatic heterocycles. The third-order valence-electron chi connectivity index (χ3n) is 3.17. The van der Waals surface area contributed by atoms with Crippen molar-refractivity contribution < 1.29 is 4.74 Å². The second-order valence-electron chi connectivity index (χ2n) is 6.85. The van der Waals surface area contributed by atoms with E-state index < -0.39 is 0 Å². The maximum atomic E-state index is 5.72. The molecule has 0 aliphatic carbocycles. The lowest BCUT2D eigenvalue weighted by Crippen LogP contribution is -2.19. The zero-order valence-corrected chi connectivity index (χ0v) is 14.3. The fourth-order valence-corrected chi connectivity index (χ4v) is 2.34. The normalized spacial score (nSPS) is 12.4. The standard InChI is InChI=1S/C16H26OSi/c1-15(2,3)12-8-11(10-18)9-13(14(12)17-7)16(4,5)6/h8-10H,18H2,1-7H3. The second-order valence-corrected chi connectivity index (χ2v) is 7.26. The van der Waals surface area contributed by atoms with E-state index in [1.54, 1.807) is 7.11 Å². The van der Waals surface area contributed by atoms with Crippen molar-refractivity contribution in [2.45, 2.75) is 52.4 Å². The molecule has 100 valence electrons. The Bertz CT molecular complexity index is 412. The van der Waals surface area contributed by atoms with Gasteiger partial charge in [-0.1, -0.05) is 47.2 Å². The highest BCUT2D eigenvalue weighted by Gasteiger charge is 2.26. The first kappa shape index (κ1) is 15.2. The lowest BCUT2D eigenvalue weighted by Gasteiger charge is -2.29. The zero-order chi connectivity index (χ0) is 14.1. The number of ether oxygens (including phenoxy) is 1. The zero-order valence-electron chi connectivity index (χ0n) is 12.8. The van der Waals surface area contributed by atoms with Gasteiger partial charge >= 0.3 is 0 Å². The molecule has 0 saturated heterocycles. The van der Waals surface area contributed by atoms with Crippen LogP contribution in [0.15, 0.2) is 12.1 Å². The van der Waals surface area contributed by atoms with Gasteiger partial charge in [-0.05, 0) is 38.4 Å². The average Bonchev–Trinajstić information content (AvgIpc) is 2.24. The van der Waals surface area contributed by atoms with Crippen molar-refractivity contribution in [3.63, 3.8) is 0 Å². The molecule has 1 aromatic rings. The summed E-state index contributed by atoms with van der Waals surface area (Å²) < 4.78 is 5.72. The minimum atomic E-state index is 0.0907. The Labute approximate surface area is 115 Å². The van der Waals surface area contributed by atoms with Gasteiger partial charge in [-0.15, -0.1) is 0 Å². The van der Waals surface area contributed by atoms with E-state index >= 15 is 0 Å². The van der Waals surface area contributed by atoms with Crippen LogP contribution in [0, 0.1) is 0 Å². The molecule has 0 aliphatic heterocycles. The minimum Gasteiger partial charge on any atom is -0.496 e. The van der Waals surface area contributed by atoms with Crippen LogP contribution >= 0.6 is 0 Å². The highest BCUT2D eigenvalue weighted by Crippen LogP contribution is 2.40. The minimum absolute atomic E-state index is 0.0907. The fraction of sp³-hybridized carbons (Fsp3) is 0.562. The molecule has 0 fully saturated rings. The quantitative estimate of drug-likeness (QED) is 0.744. The van der Waals surface area contributed by atoms with Crippen LogP contribution in [0.5, 0.6) is 5.75 Å². The van der Waals surface area contributed by atoms with Crippen LogP contribution < -0.4 is 4.74 Å². The number of benzene rings is 1. The average molecular weight is 262 g/mol. The van der Waals surface area contributed by atoms with Gasteiger partial charge in [0.25, 0.3) is 0 Å². The molecule has 0 spiro atoms. The van der Waals surface area contributed by atoms with Gasteiger partial charge in [-0.25, -0.2) is 0 Å². The second kappa shape index (κ2) is 5.00. The van der Waals surface area contributed by atoms with Crippen molar-refractivity contribution in [2.24, 2.45) is 0 Å². The van der Waals surface area contributed by atoms with Crippen molar-refractivity contribution in [2.75, 3.05) is 7.11 Å². The predicted molar refractivity (Wildman–Crippen MR) is 84.1 cm³/mol. The first-order valence-corrected chi connectivity index (χ1v) is 7.28. The van der Waals surface area contributed by atoms with E-state index in [4.69, 9.17) is 4.74 Å². The Balaban J connectivity index is 3.66. The van der Waals surface area contributed by atoms with Crippen molar-refractivity contribution in [3.05, 3.63) is 28.8 Å². The molecule has 0 atom stereocenters. The molecule has 2 heteroatoms. The molecule has 1 aromatic carbocycles. The number of hydrogen-bond acceptors (Lipinski definition) is 1. The van der Waals surface area contributed by atoms with Crippen LogP contribution in [0.3, 0.4) is 0 Å². The third kappa shape index (κ3) is 3.11. The fourth-order valence-electron chi connectivity index (χ4n) is 2.10. The summed E-state index contributed by atoms with van der Waals surface area (Å²) in [5, 5.41) is 0. The van der Waals surface area contributed by atoms with E-state index in [2.05, 4.69) is 59.3 Å². The van der Waals surface area contributed by atoms with E-state index in [0.29, 0.717) is 0 Å². The van der Waals surface area contributed by atoms with Crippen molar-refractivity contribution >= 4 is 15.5 Å². The third-order valence-corrected chi connectivity index (χ3v) is 3.64. The van der Waals surface area contributed by atoms with Crippen molar-refractivity contribution in [3.8, 4) is 5.75 Å². The van der Waals surface area contributed by atoms with Gasteiger partial charge in [0, 0.05) is 11.1 Å². The molecule has 1 nitrogen and oxygen atoms in total. The van der Waals surface area contributed by atoms with Crippen LogP contribution in [0.4, 0.5) is 0 Å². The van der Waals surface area contributed by atoms with Crippen LogP contribution in [0.25, 0.3) is 0 Å². The summed E-state index contributed by atoms with van der Waals surface area (Å²) in [5.41, 5.74) is 6.22. The summed E-state index contributed by atoms with van der Waals surface area (Å²) in [6, 6.07) is 4.50. The summed E-state index contributed by atoms with van der Waals surface area (Å²) in [6.07, 6.45) is 0. The molecule has 0 heterocycles. The van der Waals surface area contributed by atoms with E-state index in [1.165, 1.54) is 16.7 Å². The monoisotopic (exact) mass is 262 g/mol. The van der Waals surface area contributed by atoms with E-state index in [9.17, 15) is 0 Å².